The molecule has 1 aliphatic carbocycles. The van der Waals surface area contributed by atoms with Gasteiger partial charge in [0, 0.05) is 31.4 Å². The molecule has 2 aromatic rings. The van der Waals surface area contributed by atoms with Crippen molar-refractivity contribution in [1.82, 2.24) is 4.90 Å². The summed E-state index contributed by atoms with van der Waals surface area (Å²) in [6, 6.07) is 14.6. The van der Waals surface area contributed by atoms with E-state index in [1.807, 2.05) is 36.4 Å². The summed E-state index contributed by atoms with van der Waals surface area (Å²) in [5.74, 6) is 0.346. The molecule has 8 nitrogen and oxygen atoms in total. The number of hydrogen-bond acceptors (Lipinski definition) is 8. The third-order valence-electron chi connectivity index (χ3n) is 7.57. The molecular weight excluding hydrogens is 510 g/mol. The first-order valence-electron chi connectivity index (χ1n) is 14.5. The third-order valence-corrected chi connectivity index (χ3v) is 7.57. The molecule has 40 heavy (non-hydrogen) atoms. The molecule has 0 amide bonds. The van der Waals surface area contributed by atoms with Gasteiger partial charge in [0.15, 0.2) is 17.6 Å². The van der Waals surface area contributed by atoms with Crippen LogP contribution in [0.4, 0.5) is 0 Å². The quantitative estimate of drug-likeness (QED) is 0.330. The molecule has 0 spiro atoms. The van der Waals surface area contributed by atoms with Gasteiger partial charge in [-0.2, -0.15) is 0 Å². The lowest BCUT2D eigenvalue weighted by Gasteiger charge is -2.37. The number of methoxy groups -OCH3 is 1. The highest BCUT2D eigenvalue weighted by Gasteiger charge is 2.38. The van der Waals surface area contributed by atoms with E-state index in [2.05, 4.69) is 24.8 Å². The second-order valence-electron chi connectivity index (χ2n) is 10.6. The van der Waals surface area contributed by atoms with Crippen molar-refractivity contribution >= 4 is 11.9 Å². The smallest absolute Gasteiger partial charge is 0.335 e. The molecule has 1 fully saturated rings. The van der Waals surface area contributed by atoms with Gasteiger partial charge in [0.05, 0.1) is 7.11 Å². The Morgan fingerprint density at radius 2 is 1.77 bits per heavy atom. The van der Waals surface area contributed by atoms with Crippen LogP contribution in [-0.4, -0.2) is 61.6 Å². The number of ether oxygens (including phenoxy) is 5. The Morgan fingerprint density at radius 1 is 1.02 bits per heavy atom. The summed E-state index contributed by atoms with van der Waals surface area (Å²) in [4.78, 5) is 26.7. The van der Waals surface area contributed by atoms with Crippen LogP contribution in [0, 0.1) is 0 Å². The van der Waals surface area contributed by atoms with Gasteiger partial charge in [-0.15, -0.1) is 0 Å². The largest absolute Gasteiger partial charge is 0.485 e. The van der Waals surface area contributed by atoms with E-state index in [9.17, 15) is 9.59 Å². The van der Waals surface area contributed by atoms with Crippen molar-refractivity contribution in [2.24, 2.45) is 0 Å². The standard InChI is InChI=1S/C32H43NO7/c1-5-16-33(17-6-2)25-13-14-27-24(18-25)12-15-28(37-21-23-10-8-7-9-11-23)31(27)40-30-20-26(38-22(3)34)19-29(39-30)32(35)36-4/h7-12,15,25-26,29-30H,5-6,13-14,16-21H2,1-4H3/t25?,26?,29-,30?/m0/s1. The van der Waals surface area contributed by atoms with Crippen LogP contribution < -0.4 is 9.47 Å². The van der Waals surface area contributed by atoms with Crippen molar-refractivity contribution in [2.45, 2.75) is 96.9 Å². The van der Waals surface area contributed by atoms with Gasteiger partial charge < -0.3 is 28.6 Å². The number of esters is 2. The predicted molar refractivity (Wildman–Crippen MR) is 151 cm³/mol. The number of carbonyl (C=O) groups is 2. The van der Waals surface area contributed by atoms with Crippen LogP contribution in [0.1, 0.15) is 69.6 Å². The minimum Gasteiger partial charge on any atom is -0.485 e. The van der Waals surface area contributed by atoms with Crippen LogP contribution in [-0.2, 0) is 43.2 Å². The molecule has 0 saturated carbocycles. The number of nitrogens with zero attached hydrogens (tertiary/aromatic N) is 1. The highest BCUT2D eigenvalue weighted by molar-refractivity contribution is 5.75. The van der Waals surface area contributed by atoms with E-state index in [-0.39, 0.29) is 6.42 Å². The lowest BCUT2D eigenvalue weighted by Crippen LogP contribution is -2.44. The maximum atomic E-state index is 12.4. The van der Waals surface area contributed by atoms with Gasteiger partial charge in [-0.3, -0.25) is 4.79 Å². The van der Waals surface area contributed by atoms with E-state index < -0.39 is 30.4 Å². The topological polar surface area (TPSA) is 83.5 Å². The molecular formula is C32H43NO7. The van der Waals surface area contributed by atoms with Crippen molar-refractivity contribution < 1.29 is 33.3 Å². The zero-order valence-corrected chi connectivity index (χ0v) is 24.2. The van der Waals surface area contributed by atoms with Crippen molar-refractivity contribution in [3.05, 3.63) is 59.2 Å². The van der Waals surface area contributed by atoms with Gasteiger partial charge in [-0.05, 0) is 62.4 Å². The maximum Gasteiger partial charge on any atom is 0.335 e. The Balaban J connectivity index is 1.62. The van der Waals surface area contributed by atoms with Crippen molar-refractivity contribution in [1.29, 1.82) is 0 Å². The molecule has 2 aromatic carbocycles. The molecule has 1 aliphatic heterocycles. The normalized spacial score (nSPS) is 22.3. The molecule has 4 rings (SSSR count). The molecule has 2 aliphatic rings. The Labute approximate surface area is 237 Å². The average molecular weight is 554 g/mol. The fourth-order valence-electron chi connectivity index (χ4n) is 5.79. The molecule has 0 radical (unpaired) electrons. The van der Waals surface area contributed by atoms with Gasteiger partial charge >= 0.3 is 11.9 Å². The Hall–Kier alpha value is -3.10. The minimum absolute atomic E-state index is 0.225. The molecule has 1 saturated heterocycles. The van der Waals surface area contributed by atoms with Gasteiger partial charge in [0.1, 0.15) is 12.7 Å². The van der Waals surface area contributed by atoms with Crippen LogP contribution in [0.15, 0.2) is 42.5 Å². The van der Waals surface area contributed by atoms with Gasteiger partial charge in [-0.1, -0.05) is 50.2 Å². The van der Waals surface area contributed by atoms with E-state index in [0.717, 1.165) is 56.3 Å². The van der Waals surface area contributed by atoms with E-state index >= 15 is 0 Å². The van der Waals surface area contributed by atoms with Crippen LogP contribution in [0.2, 0.25) is 0 Å². The minimum atomic E-state index is -0.887. The zero-order chi connectivity index (χ0) is 28.5. The highest BCUT2D eigenvalue weighted by Crippen LogP contribution is 2.41. The number of carbonyl (C=O) groups excluding carboxylic acids is 2. The summed E-state index contributed by atoms with van der Waals surface area (Å²) in [6.07, 6.45) is 3.40. The molecule has 0 aromatic heterocycles. The molecule has 3 unspecified atom stereocenters. The number of fused-ring (bicyclic) bond motifs is 1. The SMILES string of the molecule is CCCN(CCC)C1CCc2c(ccc(OCc3ccccc3)c2OC2CC(OC(C)=O)C[C@@H](C(=O)OC)O2)C1. The van der Waals surface area contributed by atoms with Crippen molar-refractivity contribution in [3.8, 4) is 11.5 Å². The second kappa shape index (κ2) is 14.5. The summed E-state index contributed by atoms with van der Waals surface area (Å²) < 4.78 is 29.3. The van der Waals surface area contributed by atoms with Gasteiger partial charge in [-0.25, -0.2) is 4.79 Å². The fraction of sp³-hybridized carbons (Fsp3) is 0.562. The number of rotatable bonds is 12. The van der Waals surface area contributed by atoms with Crippen molar-refractivity contribution in [2.75, 3.05) is 20.2 Å². The summed E-state index contributed by atoms with van der Waals surface area (Å²) >= 11 is 0. The van der Waals surface area contributed by atoms with Crippen LogP contribution in [0.3, 0.4) is 0 Å². The third kappa shape index (κ3) is 7.76. The second-order valence-corrected chi connectivity index (χ2v) is 10.6. The molecule has 4 atom stereocenters. The highest BCUT2D eigenvalue weighted by atomic mass is 16.7. The summed E-state index contributed by atoms with van der Waals surface area (Å²) in [5.41, 5.74) is 3.41. The fourth-order valence-corrected chi connectivity index (χ4v) is 5.79. The predicted octanol–water partition coefficient (Wildman–Crippen LogP) is 5.23. The molecule has 1 heterocycles. The average Bonchev–Trinajstić information content (AvgIpc) is 2.96. The van der Waals surface area contributed by atoms with Crippen molar-refractivity contribution in [3.63, 3.8) is 0 Å². The molecule has 218 valence electrons. The van der Waals surface area contributed by atoms with Gasteiger partial charge in [0.25, 0.3) is 0 Å². The van der Waals surface area contributed by atoms with E-state index in [0.29, 0.717) is 30.6 Å². The van der Waals surface area contributed by atoms with E-state index in [4.69, 9.17) is 23.7 Å². The first kappa shape index (κ1) is 29.9. The number of benzene rings is 2. The first-order valence-corrected chi connectivity index (χ1v) is 14.5. The lowest BCUT2D eigenvalue weighted by molar-refractivity contribution is -0.204. The van der Waals surface area contributed by atoms with E-state index in [1.165, 1.54) is 19.6 Å². The van der Waals surface area contributed by atoms with Crippen LogP contribution in [0.5, 0.6) is 11.5 Å². The Bertz CT molecular complexity index is 1120. The van der Waals surface area contributed by atoms with E-state index in [1.54, 1.807) is 0 Å². The number of hydrogen-bond donors (Lipinski definition) is 0. The molecule has 0 bridgehead atoms. The van der Waals surface area contributed by atoms with Gasteiger partial charge in [0.2, 0.25) is 6.29 Å². The zero-order valence-electron chi connectivity index (χ0n) is 24.2. The Morgan fingerprint density at radius 3 is 2.45 bits per heavy atom. The molecule has 8 heteroatoms. The Kier molecular flexibility index (Phi) is 10.8. The maximum absolute atomic E-state index is 12.4. The first-order chi connectivity index (χ1) is 19.4. The lowest BCUT2D eigenvalue weighted by atomic mass is 9.86. The van der Waals surface area contributed by atoms with Crippen LogP contribution >= 0.6 is 0 Å². The summed E-state index contributed by atoms with van der Waals surface area (Å²) in [5, 5.41) is 0. The monoisotopic (exact) mass is 553 g/mol. The summed E-state index contributed by atoms with van der Waals surface area (Å²) in [7, 11) is 1.32. The summed E-state index contributed by atoms with van der Waals surface area (Å²) in [6.45, 7) is 8.41. The van der Waals surface area contributed by atoms with Crippen LogP contribution in [0.25, 0.3) is 0 Å². The molecule has 0 N–H and O–H groups in total.